The molecule has 0 aliphatic heterocycles. The lowest BCUT2D eigenvalue weighted by Crippen LogP contribution is -2.26. The molecule has 0 bridgehead atoms. The predicted octanol–water partition coefficient (Wildman–Crippen LogP) is 0.714. The van der Waals surface area contributed by atoms with Gasteiger partial charge in [0.15, 0.2) is 5.69 Å². The molecule has 0 radical (unpaired) electrons. The van der Waals surface area contributed by atoms with Gasteiger partial charge in [0.25, 0.3) is 11.5 Å². The van der Waals surface area contributed by atoms with E-state index in [2.05, 4.69) is 15.3 Å². The van der Waals surface area contributed by atoms with Gasteiger partial charge < -0.3 is 15.4 Å². The molecule has 1 aromatic heterocycles. The Labute approximate surface area is 109 Å². The summed E-state index contributed by atoms with van der Waals surface area (Å²) in [6.07, 6.45) is 0. The number of aryl methyl sites for hydroxylation is 1. The second kappa shape index (κ2) is 5.34. The Balaban J connectivity index is 2.15. The Hall–Kier alpha value is -2.63. The fraction of sp³-hybridized carbons (Fsp3) is 0.154. The molecule has 19 heavy (non-hydrogen) atoms. The topological polar surface area (TPSA) is 95.1 Å². The molecule has 0 saturated heterocycles. The van der Waals surface area contributed by atoms with Crippen molar-refractivity contribution in [2.45, 2.75) is 13.5 Å². The molecule has 6 heteroatoms. The third kappa shape index (κ3) is 2.98. The lowest BCUT2D eigenvalue weighted by atomic mass is 10.2. The number of carbonyl (C=O) groups excluding carboxylic acids is 1. The third-order valence-electron chi connectivity index (χ3n) is 2.52. The zero-order valence-corrected chi connectivity index (χ0v) is 10.3. The first-order valence-corrected chi connectivity index (χ1v) is 5.70. The summed E-state index contributed by atoms with van der Waals surface area (Å²) in [4.78, 5) is 29.3. The van der Waals surface area contributed by atoms with Crippen LogP contribution in [0.25, 0.3) is 0 Å². The largest absolute Gasteiger partial charge is 0.501 e. The Bertz CT molecular complexity index is 650. The van der Waals surface area contributed by atoms with E-state index in [0.717, 1.165) is 5.56 Å². The van der Waals surface area contributed by atoms with Crippen LogP contribution in [0.3, 0.4) is 0 Å². The van der Waals surface area contributed by atoms with Crippen LogP contribution in [0.1, 0.15) is 21.9 Å². The Morgan fingerprint density at radius 2 is 2.05 bits per heavy atom. The average molecular weight is 259 g/mol. The van der Waals surface area contributed by atoms with E-state index < -0.39 is 17.2 Å². The number of hydrogen-bond donors (Lipinski definition) is 3. The van der Waals surface area contributed by atoms with Crippen LogP contribution in [0.15, 0.2) is 35.1 Å². The van der Waals surface area contributed by atoms with Crippen LogP contribution in [0, 0.1) is 6.92 Å². The van der Waals surface area contributed by atoms with Crippen LogP contribution in [0.2, 0.25) is 0 Å². The quantitative estimate of drug-likeness (QED) is 0.756. The van der Waals surface area contributed by atoms with E-state index in [-0.39, 0.29) is 11.5 Å². The molecule has 1 aromatic carbocycles. The second-order valence-corrected chi connectivity index (χ2v) is 4.02. The number of nitrogens with zero attached hydrogens (tertiary/aromatic N) is 1. The van der Waals surface area contributed by atoms with Gasteiger partial charge in [0.2, 0.25) is 5.75 Å². The number of carbonyl (C=O) groups is 1. The molecule has 0 atom stereocenters. The normalized spacial score (nSPS) is 10.2. The molecule has 0 aliphatic carbocycles. The van der Waals surface area contributed by atoms with Crippen molar-refractivity contribution in [2.24, 2.45) is 0 Å². The van der Waals surface area contributed by atoms with Crippen LogP contribution >= 0.6 is 0 Å². The minimum absolute atomic E-state index is 0.266. The lowest BCUT2D eigenvalue weighted by molar-refractivity contribution is 0.0942. The SMILES string of the molecule is Cc1nc(C(=O)NCc2ccccc2)c(O)c(=O)[nH]1. The molecule has 0 unspecified atom stereocenters. The van der Waals surface area contributed by atoms with Crippen LogP contribution in [-0.2, 0) is 6.54 Å². The fourth-order valence-electron chi connectivity index (χ4n) is 1.60. The van der Waals surface area contributed by atoms with E-state index in [9.17, 15) is 14.7 Å². The number of aromatic hydroxyl groups is 1. The first-order valence-electron chi connectivity index (χ1n) is 5.70. The maximum Gasteiger partial charge on any atom is 0.293 e. The van der Waals surface area contributed by atoms with E-state index in [1.807, 2.05) is 30.3 Å². The van der Waals surface area contributed by atoms with Gasteiger partial charge in [-0.15, -0.1) is 0 Å². The average Bonchev–Trinajstić information content (AvgIpc) is 2.41. The summed E-state index contributed by atoms with van der Waals surface area (Å²) < 4.78 is 0. The molecule has 0 spiro atoms. The molecular formula is C13H13N3O3. The highest BCUT2D eigenvalue weighted by Crippen LogP contribution is 2.07. The van der Waals surface area contributed by atoms with Gasteiger partial charge in [0.1, 0.15) is 5.82 Å². The molecule has 2 aromatic rings. The van der Waals surface area contributed by atoms with E-state index >= 15 is 0 Å². The minimum atomic E-state index is -0.725. The highest BCUT2D eigenvalue weighted by Gasteiger charge is 2.16. The predicted molar refractivity (Wildman–Crippen MR) is 68.9 cm³/mol. The summed E-state index contributed by atoms with van der Waals surface area (Å²) >= 11 is 0. The number of aromatic nitrogens is 2. The first-order chi connectivity index (χ1) is 9.08. The highest BCUT2D eigenvalue weighted by molar-refractivity contribution is 5.94. The Morgan fingerprint density at radius 1 is 1.37 bits per heavy atom. The smallest absolute Gasteiger partial charge is 0.293 e. The van der Waals surface area contributed by atoms with Gasteiger partial charge in [0.05, 0.1) is 0 Å². The number of nitrogens with one attached hydrogen (secondary N) is 2. The van der Waals surface area contributed by atoms with Gasteiger partial charge in [-0.2, -0.15) is 0 Å². The minimum Gasteiger partial charge on any atom is -0.501 e. The molecule has 0 saturated carbocycles. The first kappa shape index (κ1) is 12.8. The summed E-state index contributed by atoms with van der Waals surface area (Å²) in [5.41, 5.74) is -0.0774. The van der Waals surface area contributed by atoms with Crippen LogP contribution in [-0.4, -0.2) is 21.0 Å². The third-order valence-corrected chi connectivity index (χ3v) is 2.52. The van der Waals surface area contributed by atoms with E-state index in [4.69, 9.17) is 0 Å². The maximum absolute atomic E-state index is 11.9. The summed E-state index contributed by atoms with van der Waals surface area (Å²) in [7, 11) is 0. The van der Waals surface area contributed by atoms with Gasteiger partial charge in [-0.3, -0.25) is 9.59 Å². The number of aromatic amines is 1. The molecular weight excluding hydrogens is 246 g/mol. The lowest BCUT2D eigenvalue weighted by Gasteiger charge is -2.06. The van der Waals surface area contributed by atoms with Crippen molar-refractivity contribution in [3.63, 3.8) is 0 Å². The molecule has 6 nitrogen and oxygen atoms in total. The van der Waals surface area contributed by atoms with Crippen molar-refractivity contribution < 1.29 is 9.90 Å². The number of hydrogen-bond acceptors (Lipinski definition) is 4. The van der Waals surface area contributed by atoms with Gasteiger partial charge >= 0.3 is 0 Å². The van der Waals surface area contributed by atoms with E-state index in [1.165, 1.54) is 6.92 Å². The van der Waals surface area contributed by atoms with Gasteiger partial charge in [-0.1, -0.05) is 30.3 Å². The summed E-state index contributed by atoms with van der Waals surface area (Å²) in [6, 6.07) is 9.30. The number of rotatable bonds is 3. The summed E-state index contributed by atoms with van der Waals surface area (Å²) in [5.74, 6) is -0.987. The van der Waals surface area contributed by atoms with E-state index in [1.54, 1.807) is 0 Å². The van der Waals surface area contributed by atoms with Crippen LogP contribution < -0.4 is 10.9 Å². The molecule has 2 rings (SSSR count). The summed E-state index contributed by atoms with van der Waals surface area (Å²) in [5, 5.41) is 12.1. The second-order valence-electron chi connectivity index (χ2n) is 4.02. The summed E-state index contributed by atoms with van der Waals surface area (Å²) in [6.45, 7) is 1.83. The van der Waals surface area contributed by atoms with Crippen molar-refractivity contribution in [1.82, 2.24) is 15.3 Å². The molecule has 0 fully saturated rings. The fourth-order valence-corrected chi connectivity index (χ4v) is 1.60. The Morgan fingerprint density at radius 3 is 2.74 bits per heavy atom. The van der Waals surface area contributed by atoms with Gasteiger partial charge in [0, 0.05) is 6.54 Å². The van der Waals surface area contributed by atoms with Crippen LogP contribution in [0.5, 0.6) is 5.75 Å². The van der Waals surface area contributed by atoms with Crippen molar-refractivity contribution in [2.75, 3.05) is 0 Å². The van der Waals surface area contributed by atoms with E-state index in [0.29, 0.717) is 6.54 Å². The maximum atomic E-state index is 11.9. The van der Waals surface area contributed by atoms with Gasteiger partial charge in [-0.05, 0) is 12.5 Å². The molecule has 98 valence electrons. The molecule has 0 aliphatic rings. The van der Waals surface area contributed by atoms with Gasteiger partial charge in [-0.25, -0.2) is 4.98 Å². The standard InChI is InChI=1S/C13H13N3O3/c1-8-15-10(11(17)13(19)16-8)12(18)14-7-9-5-3-2-4-6-9/h2-6,17H,7H2,1H3,(H,14,18)(H,15,16,19). The van der Waals surface area contributed by atoms with Crippen LogP contribution in [0.4, 0.5) is 0 Å². The molecule has 3 N–H and O–H groups in total. The zero-order chi connectivity index (χ0) is 13.8. The molecule has 1 amide bonds. The van der Waals surface area contributed by atoms with Crippen molar-refractivity contribution >= 4 is 5.91 Å². The van der Waals surface area contributed by atoms with Crippen molar-refractivity contribution in [3.8, 4) is 5.75 Å². The molecule has 1 heterocycles. The number of benzene rings is 1. The van der Waals surface area contributed by atoms with Crippen molar-refractivity contribution in [3.05, 3.63) is 57.8 Å². The highest BCUT2D eigenvalue weighted by atomic mass is 16.3. The number of amides is 1. The monoisotopic (exact) mass is 259 g/mol. The Kier molecular flexibility index (Phi) is 3.61. The number of H-pyrrole nitrogens is 1. The van der Waals surface area contributed by atoms with Crippen molar-refractivity contribution in [1.29, 1.82) is 0 Å². The zero-order valence-electron chi connectivity index (χ0n) is 10.3.